The number of aromatic nitrogens is 7. The fraction of sp³-hybridized carbons (Fsp3) is 0.308. The normalized spacial score (nSPS) is 9.43. The van der Waals surface area contributed by atoms with E-state index in [1.54, 1.807) is 0 Å². The second kappa shape index (κ2) is 48.2. The number of hydrogen-bond donors (Lipinski definition) is 0. The molecular weight excluding hydrogens is 1190 g/mol. The Morgan fingerprint density at radius 1 is 0.194 bits per heavy atom. The molecule has 0 amide bonds. The van der Waals surface area contributed by atoms with Gasteiger partial charge < -0.3 is 0 Å². The van der Waals surface area contributed by atoms with Gasteiger partial charge in [0.1, 0.15) is 0 Å². The van der Waals surface area contributed by atoms with Crippen LogP contribution in [0, 0.1) is 96.9 Å². The molecule has 0 aliphatic heterocycles. The minimum atomic E-state index is 1.11. The maximum absolute atomic E-state index is 4.34. The maximum Gasteiger partial charge on any atom is 0.0733 e. The Bertz CT molecular complexity index is 3870. The van der Waals surface area contributed by atoms with Gasteiger partial charge in [-0.05, 0) is 216 Å². The molecule has 518 valence electrons. The van der Waals surface area contributed by atoms with Gasteiger partial charge in [0.15, 0.2) is 0 Å². The molecule has 0 spiro atoms. The van der Waals surface area contributed by atoms with E-state index in [1.807, 2.05) is 185 Å². The highest BCUT2D eigenvalue weighted by Crippen LogP contribution is 2.25. The van der Waals surface area contributed by atoms with E-state index in [-0.39, 0.29) is 0 Å². The highest BCUT2D eigenvalue weighted by Gasteiger charge is 2.04. The number of fused-ring (bicyclic) bond motifs is 7. The highest BCUT2D eigenvalue weighted by molar-refractivity contribution is 5.90. The molecule has 0 unspecified atom stereocenters. The molecule has 0 radical (unpaired) electrons. The van der Waals surface area contributed by atoms with E-state index < -0.39 is 0 Å². The lowest BCUT2D eigenvalue weighted by molar-refractivity contribution is 1.21. The summed E-state index contributed by atoms with van der Waals surface area (Å²) in [5.74, 6) is 0. The molecule has 0 aliphatic carbocycles. The summed E-state index contributed by atoms with van der Waals surface area (Å²) in [6.07, 6.45) is 18.8. The van der Waals surface area contributed by atoms with Crippen molar-refractivity contribution in [2.24, 2.45) is 0 Å². The molecule has 0 atom stereocenters. The zero-order chi connectivity index (χ0) is 73.9. The van der Waals surface area contributed by atoms with E-state index in [0.29, 0.717) is 0 Å². The molecule has 7 aromatic carbocycles. The molecule has 0 saturated carbocycles. The van der Waals surface area contributed by atoms with Gasteiger partial charge in [-0.2, -0.15) is 0 Å². The standard InChI is InChI=1S/7C11H11N.7C2H6/c1-8-5-9(2)11-3-4-12-7-10(11)6-8;1-8-5-9(2)11-7-12-4-3-10(11)6-8;1-8-3-4-9(2)11-7-12-6-5-10(8)11;1-8-5-6-9(2)11-10(8)4-3-7-12-11;1-8-6-9(2)11-10(7-8)4-3-5-12-11;2*1-8-7-12-9(2)11-6-4-3-5-10(8)11;7*1-2/h7*3-7H,1-2H3;7*1-2H3. The van der Waals surface area contributed by atoms with Crippen LogP contribution in [0.15, 0.2) is 214 Å². The van der Waals surface area contributed by atoms with Crippen LogP contribution < -0.4 is 0 Å². The van der Waals surface area contributed by atoms with E-state index in [2.05, 4.69) is 257 Å². The quantitative estimate of drug-likeness (QED) is 0.149. The van der Waals surface area contributed by atoms with Gasteiger partial charge in [-0.15, -0.1) is 0 Å². The van der Waals surface area contributed by atoms with Crippen LogP contribution in [0.4, 0.5) is 0 Å². The van der Waals surface area contributed by atoms with E-state index in [1.165, 1.54) is 131 Å². The second-order valence-electron chi connectivity index (χ2n) is 21.9. The molecule has 7 heteroatoms. The van der Waals surface area contributed by atoms with Crippen LogP contribution in [0.25, 0.3) is 75.7 Å². The summed E-state index contributed by atoms with van der Waals surface area (Å²) in [5, 5.41) is 15.3. The first-order valence-electron chi connectivity index (χ1n) is 35.6. The Hall–Kier alpha value is -9.59. The van der Waals surface area contributed by atoms with E-state index in [0.717, 1.165) is 22.4 Å². The van der Waals surface area contributed by atoms with Crippen molar-refractivity contribution in [3.63, 3.8) is 0 Å². The molecule has 14 aromatic rings. The van der Waals surface area contributed by atoms with Crippen molar-refractivity contribution in [2.45, 2.75) is 194 Å². The number of aryl methyl sites for hydroxylation is 14. The third kappa shape index (κ3) is 26.1. The Balaban J connectivity index is 0.000000554. The molecule has 0 aliphatic rings. The summed E-state index contributed by atoms with van der Waals surface area (Å²) in [6.45, 7) is 57.4. The van der Waals surface area contributed by atoms with Crippen molar-refractivity contribution in [3.8, 4) is 0 Å². The number of hydrogen-bond acceptors (Lipinski definition) is 7. The number of pyridine rings is 7. The minimum Gasteiger partial charge on any atom is -0.264 e. The third-order valence-corrected chi connectivity index (χ3v) is 15.1. The lowest BCUT2D eigenvalue weighted by Crippen LogP contribution is -1.86. The van der Waals surface area contributed by atoms with Crippen LogP contribution in [0.2, 0.25) is 0 Å². The van der Waals surface area contributed by atoms with Gasteiger partial charge >= 0.3 is 0 Å². The van der Waals surface area contributed by atoms with Gasteiger partial charge in [-0.1, -0.05) is 223 Å². The third-order valence-electron chi connectivity index (χ3n) is 15.1. The largest absolute Gasteiger partial charge is 0.264 e. The molecule has 14 rings (SSSR count). The van der Waals surface area contributed by atoms with Gasteiger partial charge in [0.05, 0.1) is 11.0 Å². The summed E-state index contributed by atoms with van der Waals surface area (Å²) < 4.78 is 0. The summed E-state index contributed by atoms with van der Waals surface area (Å²) >= 11 is 0. The average molecular weight is 1310 g/mol. The Morgan fingerprint density at radius 2 is 0.551 bits per heavy atom. The van der Waals surface area contributed by atoms with Crippen LogP contribution in [0.5, 0.6) is 0 Å². The van der Waals surface area contributed by atoms with Crippen molar-refractivity contribution in [1.82, 2.24) is 34.9 Å². The Labute approximate surface area is 592 Å². The lowest BCUT2D eigenvalue weighted by atomic mass is 10.0. The minimum absolute atomic E-state index is 1.11. The first-order chi connectivity index (χ1) is 47.5. The molecule has 7 heterocycles. The smallest absolute Gasteiger partial charge is 0.0733 e. The van der Waals surface area contributed by atoms with Crippen molar-refractivity contribution in [2.75, 3.05) is 0 Å². The first-order valence-corrected chi connectivity index (χ1v) is 35.6. The molecule has 7 nitrogen and oxygen atoms in total. The van der Waals surface area contributed by atoms with Crippen molar-refractivity contribution >= 4 is 75.7 Å². The second-order valence-corrected chi connectivity index (χ2v) is 21.9. The Morgan fingerprint density at radius 3 is 1.04 bits per heavy atom. The maximum atomic E-state index is 4.34. The van der Waals surface area contributed by atoms with Crippen LogP contribution in [0.1, 0.15) is 175 Å². The molecule has 0 N–H and O–H groups in total. The zero-order valence-electron chi connectivity index (χ0n) is 65.3. The Kier molecular flexibility index (Phi) is 42.5. The fourth-order valence-electron chi connectivity index (χ4n) is 10.6. The van der Waals surface area contributed by atoms with Gasteiger partial charge in [-0.3, -0.25) is 34.9 Å². The van der Waals surface area contributed by atoms with Crippen LogP contribution in [0.3, 0.4) is 0 Å². The van der Waals surface area contributed by atoms with E-state index in [4.69, 9.17) is 0 Å². The summed E-state index contributed by atoms with van der Waals surface area (Å²) in [7, 11) is 0. The molecule has 0 saturated heterocycles. The van der Waals surface area contributed by atoms with Crippen LogP contribution in [-0.2, 0) is 0 Å². The predicted molar refractivity (Wildman–Crippen MR) is 438 cm³/mol. The van der Waals surface area contributed by atoms with Crippen molar-refractivity contribution in [1.29, 1.82) is 0 Å². The van der Waals surface area contributed by atoms with Crippen LogP contribution >= 0.6 is 0 Å². The van der Waals surface area contributed by atoms with E-state index >= 15 is 0 Å². The van der Waals surface area contributed by atoms with Gasteiger partial charge in [0, 0.05) is 111 Å². The first kappa shape index (κ1) is 86.4. The van der Waals surface area contributed by atoms with Gasteiger partial charge in [0.25, 0.3) is 0 Å². The molecule has 0 fully saturated rings. The molecule has 98 heavy (non-hydrogen) atoms. The fourth-order valence-corrected chi connectivity index (χ4v) is 10.6. The number of rotatable bonds is 0. The van der Waals surface area contributed by atoms with Gasteiger partial charge in [-0.25, -0.2) is 0 Å². The molecule has 7 aromatic heterocycles. The molecular formula is C91H119N7. The number of benzene rings is 7. The summed E-state index contributed by atoms with van der Waals surface area (Å²) in [5.41, 5.74) is 19.9. The molecule has 0 bridgehead atoms. The number of nitrogens with zero attached hydrogens (tertiary/aromatic N) is 7. The van der Waals surface area contributed by atoms with Crippen LogP contribution in [-0.4, -0.2) is 34.9 Å². The topological polar surface area (TPSA) is 90.2 Å². The zero-order valence-corrected chi connectivity index (χ0v) is 65.3. The summed E-state index contributed by atoms with van der Waals surface area (Å²) in [4.78, 5) is 29.6. The van der Waals surface area contributed by atoms with Crippen molar-refractivity contribution in [3.05, 3.63) is 292 Å². The monoisotopic (exact) mass is 1310 g/mol. The van der Waals surface area contributed by atoms with Crippen molar-refractivity contribution < 1.29 is 0 Å². The SMILES string of the molecule is CC.CC.CC.CC.CC.CC.CC.Cc1cc(C)c2ccncc2c1.Cc1cc(C)c2cnccc2c1.Cc1cc(C)c2ncccc2c1.Cc1ccc(C)c2cnccc12.Cc1ccc(C)c2ncccc12.Cc1cnc(C)c2ccccc12.Cc1cnc(C)c2ccccc12. The van der Waals surface area contributed by atoms with E-state index in [9.17, 15) is 0 Å². The predicted octanol–water partition coefficient (Wildman–Crippen LogP) is 27.1. The van der Waals surface area contributed by atoms with Gasteiger partial charge in [0.2, 0.25) is 0 Å². The average Bonchev–Trinajstić information content (AvgIpc) is 1.74. The summed E-state index contributed by atoms with van der Waals surface area (Å²) in [6, 6.07) is 52.7. The highest BCUT2D eigenvalue weighted by atomic mass is 14.7. The lowest BCUT2D eigenvalue weighted by Gasteiger charge is -2.03.